The van der Waals surface area contributed by atoms with E-state index in [9.17, 15) is 24.5 Å². The number of aryl methyl sites for hydroxylation is 1. The maximum Gasteiger partial charge on any atom is 0.325 e. The zero-order chi connectivity index (χ0) is 21.9. The van der Waals surface area contributed by atoms with Crippen molar-refractivity contribution in [3.05, 3.63) is 69.8 Å². The summed E-state index contributed by atoms with van der Waals surface area (Å²) in [5.74, 6) is -1.09. The molecule has 9 nitrogen and oxygen atoms in total. The summed E-state index contributed by atoms with van der Waals surface area (Å²) in [5, 5.41) is 16.3. The Morgan fingerprint density at radius 2 is 1.87 bits per heavy atom. The lowest BCUT2D eigenvalue weighted by Gasteiger charge is -2.21. The first-order valence-electron chi connectivity index (χ1n) is 9.43. The van der Waals surface area contributed by atoms with Gasteiger partial charge in [-0.15, -0.1) is 0 Å². The molecule has 0 aromatic heterocycles. The van der Waals surface area contributed by atoms with Crippen LogP contribution in [0, 0.1) is 17.0 Å². The number of nitro benzene ring substituents is 1. The van der Waals surface area contributed by atoms with Crippen molar-refractivity contribution in [2.24, 2.45) is 0 Å². The highest BCUT2D eigenvalue weighted by molar-refractivity contribution is 6.10. The van der Waals surface area contributed by atoms with Gasteiger partial charge in [0.1, 0.15) is 12.1 Å². The van der Waals surface area contributed by atoms with E-state index in [0.717, 1.165) is 10.5 Å². The summed E-state index contributed by atoms with van der Waals surface area (Å²) in [6.45, 7) is 2.68. The van der Waals surface area contributed by atoms with Crippen molar-refractivity contribution in [2.45, 2.75) is 32.2 Å². The highest BCUT2D eigenvalue weighted by atomic mass is 16.6. The van der Waals surface area contributed by atoms with E-state index in [1.54, 1.807) is 6.92 Å². The molecule has 2 aromatic rings. The normalized spacial score (nSPS) is 18.3. The summed E-state index contributed by atoms with van der Waals surface area (Å²) in [5.41, 5.74) is 0.359. The maximum atomic E-state index is 12.8. The highest BCUT2D eigenvalue weighted by Crippen LogP contribution is 2.26. The molecule has 1 atom stereocenters. The van der Waals surface area contributed by atoms with E-state index in [2.05, 4.69) is 10.6 Å². The summed E-state index contributed by atoms with van der Waals surface area (Å²) < 4.78 is 0. The summed E-state index contributed by atoms with van der Waals surface area (Å²) >= 11 is 0. The van der Waals surface area contributed by atoms with Gasteiger partial charge < -0.3 is 10.6 Å². The molecule has 0 aliphatic carbocycles. The number of nitrogens with one attached hydrogen (secondary N) is 2. The Morgan fingerprint density at radius 3 is 2.53 bits per heavy atom. The van der Waals surface area contributed by atoms with E-state index in [4.69, 9.17) is 0 Å². The zero-order valence-corrected chi connectivity index (χ0v) is 16.7. The molecular formula is C21H22N4O5. The number of hydrogen-bond donors (Lipinski definition) is 2. The van der Waals surface area contributed by atoms with Gasteiger partial charge in [0.15, 0.2) is 0 Å². The van der Waals surface area contributed by atoms with Crippen LogP contribution in [0.2, 0.25) is 0 Å². The SMILES string of the molecule is Cc1c(NC(=O)CN2C(=O)N[C@](C)(CCc3ccccc3)C2=O)cccc1[N+](=O)[O-]. The van der Waals surface area contributed by atoms with E-state index in [1.165, 1.54) is 25.1 Å². The number of nitrogens with zero attached hydrogens (tertiary/aromatic N) is 2. The standard InChI is InChI=1S/C21H22N4O5/c1-14-16(9-6-10-17(14)25(29)30)22-18(26)13-24-19(27)21(2,23-20(24)28)12-11-15-7-4-3-5-8-15/h3-10H,11-13H2,1-2H3,(H,22,26)(H,23,28)/t21-/m1/s1. The van der Waals surface area contributed by atoms with E-state index >= 15 is 0 Å². The average molecular weight is 410 g/mol. The van der Waals surface area contributed by atoms with Crippen LogP contribution in [-0.4, -0.2) is 39.8 Å². The molecule has 0 radical (unpaired) electrons. The number of imide groups is 1. The molecule has 0 bridgehead atoms. The third kappa shape index (κ3) is 4.29. The van der Waals surface area contributed by atoms with Crippen LogP contribution < -0.4 is 10.6 Å². The molecule has 1 saturated heterocycles. The van der Waals surface area contributed by atoms with Crippen LogP contribution in [0.5, 0.6) is 0 Å². The number of carbonyl (C=O) groups is 3. The van der Waals surface area contributed by atoms with Crippen molar-refractivity contribution in [3.63, 3.8) is 0 Å². The van der Waals surface area contributed by atoms with Gasteiger partial charge in [-0.3, -0.25) is 24.6 Å². The van der Waals surface area contributed by atoms with Crippen LogP contribution in [0.4, 0.5) is 16.2 Å². The van der Waals surface area contributed by atoms with Gasteiger partial charge in [0, 0.05) is 6.07 Å². The molecular weight excluding hydrogens is 388 g/mol. The fourth-order valence-corrected chi connectivity index (χ4v) is 3.39. The average Bonchev–Trinajstić information content (AvgIpc) is 2.92. The lowest BCUT2D eigenvalue weighted by Crippen LogP contribution is -2.45. The molecule has 0 spiro atoms. The fourth-order valence-electron chi connectivity index (χ4n) is 3.39. The Labute approximate surface area is 173 Å². The molecule has 2 aromatic carbocycles. The van der Waals surface area contributed by atoms with Crippen molar-refractivity contribution >= 4 is 29.2 Å². The van der Waals surface area contributed by atoms with Crippen LogP contribution in [-0.2, 0) is 16.0 Å². The van der Waals surface area contributed by atoms with Crippen LogP contribution in [0.1, 0.15) is 24.5 Å². The number of carbonyl (C=O) groups excluding carboxylic acids is 3. The first kappa shape index (κ1) is 21.0. The predicted molar refractivity (Wildman–Crippen MR) is 110 cm³/mol. The molecule has 30 heavy (non-hydrogen) atoms. The van der Waals surface area contributed by atoms with Gasteiger partial charge in [-0.1, -0.05) is 36.4 Å². The van der Waals surface area contributed by atoms with Gasteiger partial charge in [0.25, 0.3) is 11.6 Å². The van der Waals surface area contributed by atoms with Gasteiger partial charge in [-0.2, -0.15) is 0 Å². The van der Waals surface area contributed by atoms with Gasteiger partial charge in [0.05, 0.1) is 16.2 Å². The Kier molecular flexibility index (Phi) is 5.81. The van der Waals surface area contributed by atoms with Crippen molar-refractivity contribution in [1.29, 1.82) is 0 Å². The molecule has 1 heterocycles. The minimum atomic E-state index is -1.10. The third-order valence-electron chi connectivity index (χ3n) is 5.18. The van der Waals surface area contributed by atoms with Gasteiger partial charge in [-0.25, -0.2) is 4.79 Å². The molecule has 2 N–H and O–H groups in total. The highest BCUT2D eigenvalue weighted by Gasteiger charge is 2.47. The Hall–Kier alpha value is -3.75. The van der Waals surface area contributed by atoms with Crippen LogP contribution >= 0.6 is 0 Å². The largest absolute Gasteiger partial charge is 0.325 e. The van der Waals surface area contributed by atoms with Gasteiger partial charge in [-0.05, 0) is 38.3 Å². The lowest BCUT2D eigenvalue weighted by molar-refractivity contribution is -0.385. The molecule has 0 saturated carbocycles. The van der Waals surface area contributed by atoms with E-state index in [1.807, 2.05) is 30.3 Å². The van der Waals surface area contributed by atoms with Crippen molar-refractivity contribution in [1.82, 2.24) is 10.2 Å². The topological polar surface area (TPSA) is 122 Å². The molecule has 1 aliphatic rings. The second kappa shape index (κ2) is 8.32. The third-order valence-corrected chi connectivity index (χ3v) is 5.18. The summed E-state index contributed by atoms with van der Waals surface area (Å²) in [7, 11) is 0. The number of benzene rings is 2. The van der Waals surface area contributed by atoms with Crippen molar-refractivity contribution in [2.75, 3.05) is 11.9 Å². The second-order valence-corrected chi connectivity index (χ2v) is 7.39. The molecule has 4 amide bonds. The minimum Gasteiger partial charge on any atom is -0.324 e. The van der Waals surface area contributed by atoms with E-state index in [-0.39, 0.29) is 11.4 Å². The zero-order valence-electron chi connectivity index (χ0n) is 16.7. The second-order valence-electron chi connectivity index (χ2n) is 7.39. The lowest BCUT2D eigenvalue weighted by atomic mass is 9.93. The van der Waals surface area contributed by atoms with E-state index < -0.39 is 34.9 Å². The maximum absolute atomic E-state index is 12.8. The van der Waals surface area contributed by atoms with Crippen LogP contribution in [0.25, 0.3) is 0 Å². The first-order chi connectivity index (χ1) is 14.2. The minimum absolute atomic E-state index is 0.128. The van der Waals surface area contributed by atoms with Crippen LogP contribution in [0.3, 0.4) is 0 Å². The Bertz CT molecular complexity index is 1010. The Morgan fingerprint density at radius 1 is 1.17 bits per heavy atom. The molecule has 1 aliphatic heterocycles. The molecule has 1 fully saturated rings. The number of anilines is 1. The molecule has 156 valence electrons. The van der Waals surface area contributed by atoms with E-state index in [0.29, 0.717) is 18.4 Å². The quantitative estimate of drug-likeness (QED) is 0.413. The fraction of sp³-hybridized carbons (Fsp3) is 0.286. The summed E-state index contributed by atoms with van der Waals surface area (Å²) in [4.78, 5) is 49.0. The van der Waals surface area contributed by atoms with Crippen molar-refractivity contribution in [3.8, 4) is 0 Å². The number of amides is 4. The molecule has 0 unspecified atom stereocenters. The number of urea groups is 1. The van der Waals surface area contributed by atoms with Gasteiger partial charge >= 0.3 is 6.03 Å². The number of hydrogen-bond acceptors (Lipinski definition) is 5. The van der Waals surface area contributed by atoms with Crippen molar-refractivity contribution < 1.29 is 19.3 Å². The Balaban J connectivity index is 1.66. The number of nitro groups is 1. The smallest absolute Gasteiger partial charge is 0.324 e. The molecule has 9 heteroatoms. The summed E-state index contributed by atoms with van der Waals surface area (Å²) in [6.07, 6.45) is 0.986. The molecule has 3 rings (SSSR count). The summed E-state index contributed by atoms with van der Waals surface area (Å²) in [6, 6.07) is 13.3. The van der Waals surface area contributed by atoms with Gasteiger partial charge in [0.2, 0.25) is 5.91 Å². The first-order valence-corrected chi connectivity index (χ1v) is 9.43. The van der Waals surface area contributed by atoms with Crippen LogP contribution in [0.15, 0.2) is 48.5 Å². The number of rotatable bonds is 7. The predicted octanol–water partition coefficient (Wildman–Crippen LogP) is 2.79. The monoisotopic (exact) mass is 410 g/mol.